The lowest BCUT2D eigenvalue weighted by atomic mass is 9.89. The van der Waals surface area contributed by atoms with Crippen molar-refractivity contribution in [2.45, 2.75) is 25.4 Å². The van der Waals surface area contributed by atoms with Gasteiger partial charge in [-0.25, -0.2) is 19.3 Å². The van der Waals surface area contributed by atoms with Gasteiger partial charge in [0.25, 0.3) is 5.91 Å². The van der Waals surface area contributed by atoms with Crippen LogP contribution in [0.5, 0.6) is 0 Å². The molecule has 3 aliphatic heterocycles. The number of carbonyl (C=O) groups is 2. The van der Waals surface area contributed by atoms with Crippen LogP contribution >= 0.6 is 0 Å². The van der Waals surface area contributed by atoms with Gasteiger partial charge in [0.1, 0.15) is 11.9 Å². The summed E-state index contributed by atoms with van der Waals surface area (Å²) in [5.41, 5.74) is 2.66. The summed E-state index contributed by atoms with van der Waals surface area (Å²) < 4.78 is 13.3. The number of fused-ring (bicyclic) bond motifs is 3. The van der Waals surface area contributed by atoms with E-state index >= 15 is 0 Å². The van der Waals surface area contributed by atoms with Crippen LogP contribution in [0.2, 0.25) is 0 Å². The SMILES string of the molecule is Cc1ccc([C@H]2[C@H]3C(=O)N(c4ccc(F)cc4)C(=O)[C@@H]3N3CCCN23)cc1. The van der Waals surface area contributed by atoms with E-state index in [9.17, 15) is 14.0 Å². The van der Waals surface area contributed by atoms with E-state index in [0.29, 0.717) is 5.69 Å². The third-order valence-electron chi connectivity index (χ3n) is 5.91. The quantitative estimate of drug-likeness (QED) is 0.768. The average molecular weight is 365 g/mol. The van der Waals surface area contributed by atoms with Gasteiger partial charge in [-0.3, -0.25) is 9.59 Å². The van der Waals surface area contributed by atoms with Gasteiger partial charge in [0.15, 0.2) is 0 Å². The number of hydrogen-bond acceptors (Lipinski definition) is 4. The first-order chi connectivity index (χ1) is 13.1. The van der Waals surface area contributed by atoms with Crippen LogP contribution in [0, 0.1) is 18.7 Å². The van der Waals surface area contributed by atoms with Crippen molar-refractivity contribution in [2.75, 3.05) is 18.0 Å². The fraction of sp³-hybridized carbons (Fsp3) is 0.333. The van der Waals surface area contributed by atoms with Gasteiger partial charge < -0.3 is 0 Å². The van der Waals surface area contributed by atoms with Gasteiger partial charge in [-0.05, 0) is 43.2 Å². The molecule has 5 rings (SSSR count). The molecular weight excluding hydrogens is 345 g/mol. The van der Waals surface area contributed by atoms with E-state index in [4.69, 9.17) is 0 Å². The lowest BCUT2D eigenvalue weighted by Crippen LogP contribution is -2.44. The van der Waals surface area contributed by atoms with E-state index < -0.39 is 12.0 Å². The Labute approximate surface area is 156 Å². The second kappa shape index (κ2) is 5.97. The van der Waals surface area contributed by atoms with Crippen molar-refractivity contribution in [3.05, 3.63) is 65.5 Å². The number of aryl methyl sites for hydroxylation is 1. The lowest BCUT2D eigenvalue weighted by molar-refractivity contribution is -0.126. The minimum atomic E-state index is -0.476. The maximum atomic E-state index is 13.3. The third kappa shape index (κ3) is 2.37. The highest BCUT2D eigenvalue weighted by Crippen LogP contribution is 2.48. The van der Waals surface area contributed by atoms with E-state index in [-0.39, 0.29) is 23.7 Å². The molecule has 0 aliphatic carbocycles. The van der Waals surface area contributed by atoms with Crippen LogP contribution in [0.15, 0.2) is 48.5 Å². The van der Waals surface area contributed by atoms with E-state index in [1.54, 1.807) is 0 Å². The predicted octanol–water partition coefficient (Wildman–Crippen LogP) is 2.67. The van der Waals surface area contributed by atoms with Gasteiger partial charge in [0.05, 0.1) is 17.6 Å². The van der Waals surface area contributed by atoms with Gasteiger partial charge in [-0.1, -0.05) is 29.8 Å². The Kier molecular flexibility index (Phi) is 3.67. The summed E-state index contributed by atoms with van der Waals surface area (Å²) >= 11 is 0. The normalized spacial score (nSPS) is 28.1. The highest BCUT2D eigenvalue weighted by Gasteiger charge is 2.62. The number of carbonyl (C=O) groups excluding carboxylic acids is 2. The van der Waals surface area contributed by atoms with E-state index in [0.717, 1.165) is 30.6 Å². The van der Waals surface area contributed by atoms with Gasteiger partial charge in [0, 0.05) is 13.1 Å². The molecule has 0 aromatic heterocycles. The number of halogens is 1. The smallest absolute Gasteiger partial charge is 0.253 e. The van der Waals surface area contributed by atoms with Crippen molar-refractivity contribution in [3.8, 4) is 0 Å². The molecule has 3 atom stereocenters. The Morgan fingerprint density at radius 3 is 2.15 bits per heavy atom. The Bertz CT molecular complexity index is 912. The van der Waals surface area contributed by atoms with Crippen LogP contribution in [0.1, 0.15) is 23.6 Å². The fourth-order valence-electron chi connectivity index (χ4n) is 4.72. The Balaban J connectivity index is 1.57. The number of rotatable bonds is 2. The molecule has 0 radical (unpaired) electrons. The molecule has 0 saturated carbocycles. The van der Waals surface area contributed by atoms with Crippen molar-refractivity contribution in [1.29, 1.82) is 0 Å². The molecule has 5 nitrogen and oxygen atoms in total. The summed E-state index contributed by atoms with van der Waals surface area (Å²) in [4.78, 5) is 27.8. The van der Waals surface area contributed by atoms with Crippen LogP contribution in [-0.4, -0.2) is 41.0 Å². The van der Waals surface area contributed by atoms with Crippen molar-refractivity contribution in [1.82, 2.24) is 10.0 Å². The maximum absolute atomic E-state index is 13.3. The molecule has 138 valence electrons. The van der Waals surface area contributed by atoms with Gasteiger partial charge >= 0.3 is 0 Å². The fourth-order valence-corrected chi connectivity index (χ4v) is 4.72. The molecule has 2 aromatic rings. The van der Waals surface area contributed by atoms with Crippen LogP contribution in [0.4, 0.5) is 10.1 Å². The summed E-state index contributed by atoms with van der Waals surface area (Å²) in [6.45, 7) is 3.66. The number of nitrogens with zero attached hydrogens (tertiary/aromatic N) is 3. The number of imide groups is 1. The number of amides is 2. The molecule has 3 fully saturated rings. The molecule has 27 heavy (non-hydrogen) atoms. The number of anilines is 1. The van der Waals surface area contributed by atoms with Crippen molar-refractivity contribution in [3.63, 3.8) is 0 Å². The van der Waals surface area contributed by atoms with E-state index in [2.05, 4.69) is 22.2 Å². The molecule has 3 saturated heterocycles. The molecule has 0 unspecified atom stereocenters. The Hall–Kier alpha value is -2.57. The average Bonchev–Trinajstić information content (AvgIpc) is 3.30. The molecule has 6 heteroatoms. The van der Waals surface area contributed by atoms with Gasteiger partial charge in [0.2, 0.25) is 5.91 Å². The molecule has 3 aliphatic rings. The maximum Gasteiger partial charge on any atom is 0.253 e. The first-order valence-corrected chi connectivity index (χ1v) is 9.29. The summed E-state index contributed by atoms with van der Waals surface area (Å²) in [6, 6.07) is 13.1. The predicted molar refractivity (Wildman–Crippen MR) is 98.1 cm³/mol. The minimum Gasteiger partial charge on any atom is -0.274 e. The van der Waals surface area contributed by atoms with E-state index in [1.165, 1.54) is 29.2 Å². The van der Waals surface area contributed by atoms with Crippen molar-refractivity contribution in [2.24, 2.45) is 5.92 Å². The number of hydrazine groups is 1. The second-order valence-electron chi connectivity index (χ2n) is 7.49. The standard InChI is InChI=1S/C21H20FN3O2/c1-13-3-5-14(6-4-13)18-17-19(24-12-2-11-23(18)24)21(27)25(20(17)26)16-9-7-15(22)8-10-16/h3-10,17-19H,2,11-12H2,1H3/t17-,18+,19-/m1/s1. The summed E-state index contributed by atoms with van der Waals surface area (Å²) in [5.74, 6) is -1.23. The van der Waals surface area contributed by atoms with Crippen LogP contribution in [-0.2, 0) is 9.59 Å². The zero-order valence-corrected chi connectivity index (χ0v) is 15.0. The van der Waals surface area contributed by atoms with Crippen LogP contribution in [0.25, 0.3) is 0 Å². The Morgan fingerprint density at radius 2 is 1.48 bits per heavy atom. The first-order valence-electron chi connectivity index (χ1n) is 9.29. The lowest BCUT2D eigenvalue weighted by Gasteiger charge is -2.29. The zero-order chi connectivity index (χ0) is 18.7. The molecule has 2 aromatic carbocycles. The zero-order valence-electron chi connectivity index (χ0n) is 15.0. The Morgan fingerprint density at radius 1 is 0.852 bits per heavy atom. The summed E-state index contributed by atoms with van der Waals surface area (Å²) in [6.07, 6.45) is 0.976. The summed E-state index contributed by atoms with van der Waals surface area (Å²) in [5, 5.41) is 4.26. The number of hydrogen-bond donors (Lipinski definition) is 0. The summed E-state index contributed by atoms with van der Waals surface area (Å²) in [7, 11) is 0. The minimum absolute atomic E-state index is 0.139. The first kappa shape index (κ1) is 16.6. The highest BCUT2D eigenvalue weighted by molar-refractivity contribution is 6.24. The third-order valence-corrected chi connectivity index (χ3v) is 5.91. The molecular formula is C21H20FN3O2. The molecule has 0 bridgehead atoms. The van der Waals surface area contributed by atoms with Crippen molar-refractivity contribution >= 4 is 17.5 Å². The van der Waals surface area contributed by atoms with Crippen molar-refractivity contribution < 1.29 is 14.0 Å². The van der Waals surface area contributed by atoms with Gasteiger partial charge in [-0.15, -0.1) is 0 Å². The van der Waals surface area contributed by atoms with Crippen LogP contribution in [0.3, 0.4) is 0 Å². The number of benzene rings is 2. The van der Waals surface area contributed by atoms with E-state index in [1.807, 2.05) is 19.1 Å². The highest BCUT2D eigenvalue weighted by atomic mass is 19.1. The van der Waals surface area contributed by atoms with Crippen LogP contribution < -0.4 is 4.90 Å². The molecule has 2 amide bonds. The largest absolute Gasteiger partial charge is 0.274 e. The molecule has 0 spiro atoms. The monoisotopic (exact) mass is 365 g/mol. The topological polar surface area (TPSA) is 43.9 Å². The second-order valence-corrected chi connectivity index (χ2v) is 7.49. The van der Waals surface area contributed by atoms with Gasteiger partial charge in [-0.2, -0.15) is 0 Å². The molecule has 3 heterocycles. The molecule has 0 N–H and O–H groups in total.